The van der Waals surface area contributed by atoms with Crippen LogP contribution in [0.1, 0.15) is 20.3 Å². The first-order chi connectivity index (χ1) is 8.70. The fraction of sp³-hybridized carbons (Fsp3) is 0.385. The molecule has 5 nitrogen and oxygen atoms in total. The Labute approximate surface area is 106 Å². The van der Waals surface area contributed by atoms with Gasteiger partial charge in [-0.1, -0.05) is 6.07 Å². The number of hydrogen-bond donors (Lipinski definition) is 1. The highest BCUT2D eigenvalue weighted by Gasteiger charge is 2.20. The summed E-state index contributed by atoms with van der Waals surface area (Å²) in [4.78, 5) is 10.6. The maximum Gasteiger partial charge on any atom is 0.333 e. The van der Waals surface area contributed by atoms with E-state index >= 15 is 0 Å². The summed E-state index contributed by atoms with van der Waals surface area (Å²) in [5.74, 6) is 5.95. The van der Waals surface area contributed by atoms with Gasteiger partial charge in [-0.25, -0.2) is 0 Å². The zero-order chi connectivity index (χ0) is 13.4. The molecule has 0 spiro atoms. The summed E-state index contributed by atoms with van der Waals surface area (Å²) < 4.78 is 5.26. The van der Waals surface area contributed by atoms with Gasteiger partial charge in [-0.2, -0.15) is 0 Å². The van der Waals surface area contributed by atoms with Crippen LogP contribution in [0.15, 0.2) is 18.2 Å². The van der Waals surface area contributed by atoms with Crippen LogP contribution in [0.3, 0.4) is 0 Å². The fourth-order valence-corrected chi connectivity index (χ4v) is 1.51. The molecule has 0 fully saturated rings. The van der Waals surface area contributed by atoms with Gasteiger partial charge in [-0.15, -0.1) is 11.8 Å². The molecule has 1 rings (SSSR count). The molecule has 1 N–H and O–H groups in total. The molecule has 0 bridgehead atoms. The number of nitro benzene ring substituents is 1. The zero-order valence-electron chi connectivity index (χ0n) is 10.5. The number of nitrogens with one attached hydrogen (secondary N) is 1. The van der Waals surface area contributed by atoms with Crippen molar-refractivity contribution in [2.45, 2.75) is 20.3 Å². The second-order valence-electron chi connectivity index (χ2n) is 3.45. The molecule has 0 aliphatic heterocycles. The van der Waals surface area contributed by atoms with Gasteiger partial charge in [0, 0.05) is 13.0 Å². The first-order valence-corrected chi connectivity index (χ1v) is 5.74. The van der Waals surface area contributed by atoms with Crippen molar-refractivity contribution >= 4 is 11.4 Å². The van der Waals surface area contributed by atoms with Gasteiger partial charge in [-0.3, -0.25) is 10.1 Å². The van der Waals surface area contributed by atoms with Crippen molar-refractivity contribution in [3.63, 3.8) is 0 Å². The molecule has 18 heavy (non-hydrogen) atoms. The largest absolute Gasteiger partial charge is 0.487 e. The first-order valence-electron chi connectivity index (χ1n) is 5.74. The molecule has 0 atom stereocenters. The fourth-order valence-electron chi connectivity index (χ4n) is 1.51. The van der Waals surface area contributed by atoms with Crippen LogP contribution in [0.25, 0.3) is 0 Å². The van der Waals surface area contributed by atoms with Gasteiger partial charge in [0.15, 0.2) is 5.75 Å². The van der Waals surface area contributed by atoms with E-state index in [-0.39, 0.29) is 11.4 Å². The molecule has 1 aromatic rings. The second-order valence-corrected chi connectivity index (χ2v) is 3.45. The van der Waals surface area contributed by atoms with Gasteiger partial charge in [0.1, 0.15) is 5.69 Å². The van der Waals surface area contributed by atoms with E-state index in [0.717, 1.165) is 0 Å². The van der Waals surface area contributed by atoms with Crippen LogP contribution in [-0.4, -0.2) is 18.1 Å². The van der Waals surface area contributed by atoms with Gasteiger partial charge < -0.3 is 10.1 Å². The van der Waals surface area contributed by atoms with E-state index < -0.39 is 4.92 Å². The molecule has 0 saturated heterocycles. The second kappa shape index (κ2) is 7.17. The lowest BCUT2D eigenvalue weighted by Gasteiger charge is -2.09. The van der Waals surface area contributed by atoms with Gasteiger partial charge in [0.2, 0.25) is 0 Å². The van der Waals surface area contributed by atoms with Crippen LogP contribution in [0.5, 0.6) is 5.75 Å². The van der Waals surface area contributed by atoms with E-state index in [1.807, 2.05) is 0 Å². The Bertz CT molecular complexity index is 475. The van der Waals surface area contributed by atoms with Crippen molar-refractivity contribution in [1.29, 1.82) is 0 Å². The summed E-state index contributed by atoms with van der Waals surface area (Å²) in [5.41, 5.74) is 0.438. The van der Waals surface area contributed by atoms with E-state index in [9.17, 15) is 10.1 Å². The van der Waals surface area contributed by atoms with E-state index in [0.29, 0.717) is 25.3 Å². The molecule has 0 aliphatic carbocycles. The SMILES string of the molecule is CC#CCCNc1cccc(OCC)c1[N+](=O)[O-]. The molecule has 0 aromatic heterocycles. The Morgan fingerprint density at radius 1 is 1.50 bits per heavy atom. The summed E-state index contributed by atoms with van der Waals surface area (Å²) in [7, 11) is 0. The minimum atomic E-state index is -0.432. The molecular weight excluding hydrogens is 232 g/mol. The third kappa shape index (κ3) is 3.67. The Hall–Kier alpha value is -2.22. The van der Waals surface area contributed by atoms with Gasteiger partial charge in [-0.05, 0) is 26.0 Å². The highest BCUT2D eigenvalue weighted by Crippen LogP contribution is 2.34. The lowest BCUT2D eigenvalue weighted by molar-refractivity contribution is -0.384. The standard InChI is InChI=1S/C13H16N2O3/c1-3-5-6-10-14-11-8-7-9-12(18-4-2)13(11)15(16)17/h7-9,14H,4,6,10H2,1-2H3. The van der Waals surface area contributed by atoms with Crippen molar-refractivity contribution in [2.75, 3.05) is 18.5 Å². The Morgan fingerprint density at radius 2 is 2.28 bits per heavy atom. The Kier molecular flexibility index (Phi) is 5.52. The maximum absolute atomic E-state index is 11.1. The van der Waals surface area contributed by atoms with Gasteiger partial charge in [0.25, 0.3) is 0 Å². The summed E-state index contributed by atoms with van der Waals surface area (Å²) in [6, 6.07) is 4.99. The number of ether oxygens (including phenoxy) is 1. The number of nitro groups is 1. The van der Waals surface area contributed by atoms with E-state index in [1.54, 1.807) is 32.0 Å². The molecule has 0 unspecified atom stereocenters. The number of anilines is 1. The predicted molar refractivity (Wildman–Crippen MR) is 70.8 cm³/mol. The third-order valence-electron chi connectivity index (χ3n) is 2.22. The van der Waals surface area contributed by atoms with Crippen molar-refractivity contribution in [2.24, 2.45) is 0 Å². The van der Waals surface area contributed by atoms with Crippen LogP contribution in [0.2, 0.25) is 0 Å². The van der Waals surface area contributed by atoms with Gasteiger partial charge >= 0.3 is 5.69 Å². The van der Waals surface area contributed by atoms with Crippen LogP contribution >= 0.6 is 0 Å². The normalized spacial score (nSPS) is 9.22. The summed E-state index contributed by atoms with van der Waals surface area (Å²) >= 11 is 0. The number of hydrogen-bond acceptors (Lipinski definition) is 4. The van der Waals surface area contributed by atoms with Gasteiger partial charge in [0.05, 0.1) is 11.5 Å². The molecule has 0 radical (unpaired) electrons. The Balaban J connectivity index is 2.90. The lowest BCUT2D eigenvalue weighted by atomic mass is 10.2. The summed E-state index contributed by atoms with van der Waals surface area (Å²) in [6.07, 6.45) is 0.645. The van der Waals surface area contributed by atoms with Crippen molar-refractivity contribution in [3.8, 4) is 17.6 Å². The average molecular weight is 248 g/mol. The minimum Gasteiger partial charge on any atom is -0.487 e. The number of benzene rings is 1. The van der Waals surface area contributed by atoms with Crippen molar-refractivity contribution in [3.05, 3.63) is 28.3 Å². The minimum absolute atomic E-state index is 0.0243. The maximum atomic E-state index is 11.1. The monoisotopic (exact) mass is 248 g/mol. The molecule has 1 aromatic carbocycles. The molecule has 0 aliphatic rings. The Morgan fingerprint density at radius 3 is 2.89 bits per heavy atom. The lowest BCUT2D eigenvalue weighted by Crippen LogP contribution is -2.05. The summed E-state index contributed by atoms with van der Waals surface area (Å²) in [5, 5.41) is 14.1. The molecule has 5 heteroatoms. The molecule has 96 valence electrons. The van der Waals surface area contributed by atoms with Crippen LogP contribution in [-0.2, 0) is 0 Å². The quantitative estimate of drug-likeness (QED) is 0.364. The average Bonchev–Trinajstić information content (AvgIpc) is 2.35. The van der Waals surface area contributed by atoms with E-state index in [2.05, 4.69) is 17.2 Å². The number of nitrogens with zero attached hydrogens (tertiary/aromatic N) is 1. The zero-order valence-corrected chi connectivity index (χ0v) is 10.5. The van der Waals surface area contributed by atoms with Crippen LogP contribution in [0.4, 0.5) is 11.4 Å². The number of para-hydroxylation sites is 1. The predicted octanol–water partition coefficient (Wildman–Crippen LogP) is 2.82. The smallest absolute Gasteiger partial charge is 0.333 e. The molecule has 0 saturated carbocycles. The first kappa shape index (κ1) is 13.8. The topological polar surface area (TPSA) is 64.4 Å². The number of rotatable bonds is 6. The van der Waals surface area contributed by atoms with Crippen LogP contribution < -0.4 is 10.1 Å². The summed E-state index contributed by atoms with van der Waals surface area (Å²) in [6.45, 7) is 4.52. The van der Waals surface area contributed by atoms with Crippen molar-refractivity contribution in [1.82, 2.24) is 0 Å². The van der Waals surface area contributed by atoms with Crippen LogP contribution in [0, 0.1) is 22.0 Å². The van der Waals surface area contributed by atoms with E-state index in [1.165, 1.54) is 0 Å². The molecule has 0 amide bonds. The highest BCUT2D eigenvalue weighted by molar-refractivity contribution is 5.68. The van der Waals surface area contributed by atoms with E-state index in [4.69, 9.17) is 4.74 Å². The van der Waals surface area contributed by atoms with Crippen molar-refractivity contribution < 1.29 is 9.66 Å². The third-order valence-corrected chi connectivity index (χ3v) is 2.22. The molecule has 0 heterocycles. The highest BCUT2D eigenvalue weighted by atomic mass is 16.6. The molecular formula is C13H16N2O3.